The van der Waals surface area contributed by atoms with Gasteiger partial charge in [0.2, 0.25) is 0 Å². The normalized spacial score (nSPS) is 11.4. The van der Waals surface area contributed by atoms with Gasteiger partial charge in [-0.25, -0.2) is 0 Å². The number of rotatable bonds is 4. The Morgan fingerprint density at radius 3 is 2.44 bits per heavy atom. The minimum absolute atomic E-state index is 0.368. The molecule has 1 radical (unpaired) electrons. The summed E-state index contributed by atoms with van der Waals surface area (Å²) in [7, 11) is 0. The molecule has 0 bridgehead atoms. The smallest absolute Gasteiger partial charge is 0.284 e. The van der Waals surface area contributed by atoms with E-state index in [9.17, 15) is 13.6 Å². The van der Waals surface area contributed by atoms with Crippen LogP contribution < -0.4 is 0 Å². The minimum atomic E-state index is -3.21. The molecule has 9 heavy (non-hydrogen) atoms. The number of carbonyl (C=O) groups excluding carboxylic acids is 1. The maximum absolute atomic E-state index is 11.9. The molecule has 0 aromatic rings. The lowest BCUT2D eigenvalue weighted by Gasteiger charge is -2.04. The van der Waals surface area contributed by atoms with Crippen LogP contribution in [0.25, 0.3) is 0 Å². The second-order valence-corrected chi connectivity index (χ2v) is 1.91. The Bertz CT molecular complexity index is 91.1. The number of hydrogen-bond acceptors (Lipinski definition) is 1. The number of alkyl halides is 2. The van der Waals surface area contributed by atoms with Crippen molar-refractivity contribution in [2.75, 3.05) is 0 Å². The maximum Gasteiger partial charge on any atom is 0.313 e. The third-order valence-electron chi connectivity index (χ3n) is 0.994. The van der Waals surface area contributed by atoms with Gasteiger partial charge in [0.25, 0.3) is 6.29 Å². The number of hydrogen-bond donors (Lipinski definition) is 0. The van der Waals surface area contributed by atoms with Gasteiger partial charge >= 0.3 is 5.92 Å². The second-order valence-electron chi connectivity index (χ2n) is 1.91. The molecule has 1 nitrogen and oxygen atoms in total. The van der Waals surface area contributed by atoms with E-state index in [4.69, 9.17) is 0 Å². The zero-order valence-electron chi connectivity index (χ0n) is 5.29. The Morgan fingerprint density at radius 1 is 1.56 bits per heavy atom. The molecule has 0 atom stereocenters. The van der Waals surface area contributed by atoms with E-state index in [0.29, 0.717) is 19.1 Å². The largest absolute Gasteiger partial charge is 0.313 e. The number of unbranched alkanes of at least 4 members (excludes halogenated alkanes) is 1. The van der Waals surface area contributed by atoms with Crippen LogP contribution in [0.5, 0.6) is 0 Å². The molecule has 0 rings (SSSR count). The summed E-state index contributed by atoms with van der Waals surface area (Å²) in [6, 6.07) is 0. The van der Waals surface area contributed by atoms with Crippen molar-refractivity contribution in [3.8, 4) is 0 Å². The van der Waals surface area contributed by atoms with Gasteiger partial charge in [-0.1, -0.05) is 13.3 Å². The highest BCUT2D eigenvalue weighted by atomic mass is 19.3. The van der Waals surface area contributed by atoms with Crippen molar-refractivity contribution in [2.24, 2.45) is 0 Å². The Labute approximate surface area is 53.1 Å². The van der Waals surface area contributed by atoms with E-state index in [1.165, 1.54) is 0 Å². The van der Waals surface area contributed by atoms with E-state index in [0.717, 1.165) is 0 Å². The van der Waals surface area contributed by atoms with Crippen molar-refractivity contribution in [1.29, 1.82) is 0 Å². The molecule has 0 spiro atoms. The summed E-state index contributed by atoms with van der Waals surface area (Å²) < 4.78 is 23.8. The number of halogens is 2. The van der Waals surface area contributed by atoms with E-state index < -0.39 is 5.92 Å². The summed E-state index contributed by atoms with van der Waals surface area (Å²) in [6.07, 6.45) is 1.38. The molecule has 0 aromatic carbocycles. The van der Waals surface area contributed by atoms with Crippen molar-refractivity contribution in [1.82, 2.24) is 0 Å². The van der Waals surface area contributed by atoms with Crippen LogP contribution in [0.2, 0.25) is 0 Å². The van der Waals surface area contributed by atoms with Gasteiger partial charge in [-0.3, -0.25) is 4.79 Å². The summed E-state index contributed by atoms with van der Waals surface area (Å²) >= 11 is 0. The predicted octanol–water partition coefficient (Wildman–Crippen LogP) is 1.92. The van der Waals surface area contributed by atoms with E-state index in [1.807, 2.05) is 0 Å². The molecule has 0 heterocycles. The fraction of sp³-hybridized carbons (Fsp3) is 0.833. The Hall–Kier alpha value is -0.470. The van der Waals surface area contributed by atoms with Crippen LogP contribution in [0.1, 0.15) is 26.2 Å². The van der Waals surface area contributed by atoms with E-state index >= 15 is 0 Å². The predicted molar refractivity (Wildman–Crippen MR) is 30.2 cm³/mol. The van der Waals surface area contributed by atoms with Gasteiger partial charge in [0.1, 0.15) is 0 Å². The summed E-state index contributed by atoms with van der Waals surface area (Å²) in [5.41, 5.74) is 0. The first-order chi connectivity index (χ1) is 4.12. The first-order valence-corrected chi connectivity index (χ1v) is 2.89. The molecule has 53 valence electrons. The molecule has 0 aliphatic heterocycles. The van der Waals surface area contributed by atoms with E-state index in [2.05, 4.69) is 0 Å². The van der Waals surface area contributed by atoms with Crippen molar-refractivity contribution in [2.45, 2.75) is 32.1 Å². The van der Waals surface area contributed by atoms with Crippen LogP contribution in [0.4, 0.5) is 8.78 Å². The average Bonchev–Trinajstić information content (AvgIpc) is 1.84. The summed E-state index contributed by atoms with van der Waals surface area (Å²) in [5.74, 6) is -3.21. The summed E-state index contributed by atoms with van der Waals surface area (Å²) in [5, 5.41) is 0. The first kappa shape index (κ1) is 8.53. The lowest BCUT2D eigenvalue weighted by molar-refractivity contribution is 0.0623. The third kappa shape index (κ3) is 4.06. The second kappa shape index (κ2) is 3.54. The lowest BCUT2D eigenvalue weighted by Crippen LogP contribution is -2.16. The summed E-state index contributed by atoms with van der Waals surface area (Å²) in [6.45, 7) is 1.79. The molecular weight excluding hydrogens is 126 g/mol. The van der Waals surface area contributed by atoms with E-state index in [-0.39, 0.29) is 6.42 Å². The molecule has 0 saturated heterocycles. The highest BCUT2D eigenvalue weighted by Gasteiger charge is 2.27. The molecule has 0 aliphatic carbocycles. The topological polar surface area (TPSA) is 17.1 Å². The molecule has 3 heteroatoms. The minimum Gasteiger partial charge on any atom is -0.284 e. The zero-order chi connectivity index (χ0) is 7.33. The quantitative estimate of drug-likeness (QED) is 0.575. The van der Waals surface area contributed by atoms with Gasteiger partial charge in [0.05, 0.1) is 0 Å². The average molecular weight is 135 g/mol. The van der Waals surface area contributed by atoms with Gasteiger partial charge in [-0.05, 0) is 6.42 Å². The SMILES string of the molecule is CCCCC(F)(F)[C]=O. The molecule has 0 N–H and O–H groups in total. The zero-order valence-corrected chi connectivity index (χ0v) is 5.29. The van der Waals surface area contributed by atoms with Crippen LogP contribution in [-0.2, 0) is 4.79 Å². The third-order valence-corrected chi connectivity index (χ3v) is 0.994. The molecule has 0 aromatic heterocycles. The lowest BCUT2D eigenvalue weighted by atomic mass is 10.2. The Kier molecular flexibility index (Phi) is 3.35. The maximum atomic E-state index is 11.9. The van der Waals surface area contributed by atoms with Gasteiger partial charge in [0, 0.05) is 6.42 Å². The Morgan fingerprint density at radius 2 is 2.11 bits per heavy atom. The van der Waals surface area contributed by atoms with Crippen LogP contribution in [-0.4, -0.2) is 12.2 Å². The summed E-state index contributed by atoms with van der Waals surface area (Å²) in [4.78, 5) is 9.46. The molecule has 0 amide bonds. The fourth-order valence-corrected chi connectivity index (χ4v) is 0.450. The van der Waals surface area contributed by atoms with Crippen molar-refractivity contribution < 1.29 is 13.6 Å². The Balaban J connectivity index is 3.45. The first-order valence-electron chi connectivity index (χ1n) is 2.89. The van der Waals surface area contributed by atoms with Crippen LogP contribution in [0.15, 0.2) is 0 Å². The van der Waals surface area contributed by atoms with Gasteiger partial charge < -0.3 is 0 Å². The molecule has 0 fully saturated rings. The molecule has 0 aliphatic rings. The van der Waals surface area contributed by atoms with Crippen LogP contribution in [0, 0.1) is 0 Å². The molecule has 0 unspecified atom stereocenters. The molecule has 0 saturated carbocycles. The molecular formula is C6H9F2O. The standard InChI is InChI=1S/C6H9F2O/c1-2-3-4-6(7,8)5-9/h2-4H2,1H3. The monoisotopic (exact) mass is 135 g/mol. The highest BCUT2D eigenvalue weighted by molar-refractivity contribution is 5.60. The van der Waals surface area contributed by atoms with Crippen LogP contribution in [0.3, 0.4) is 0 Å². The van der Waals surface area contributed by atoms with E-state index in [1.54, 1.807) is 6.92 Å². The van der Waals surface area contributed by atoms with Gasteiger partial charge in [-0.15, -0.1) is 0 Å². The van der Waals surface area contributed by atoms with Crippen molar-refractivity contribution in [3.63, 3.8) is 0 Å². The van der Waals surface area contributed by atoms with Crippen LogP contribution >= 0.6 is 0 Å². The highest BCUT2D eigenvalue weighted by Crippen LogP contribution is 2.17. The van der Waals surface area contributed by atoms with Crippen molar-refractivity contribution in [3.05, 3.63) is 0 Å². The fourth-order valence-electron chi connectivity index (χ4n) is 0.450. The van der Waals surface area contributed by atoms with Crippen molar-refractivity contribution >= 4 is 6.29 Å². The van der Waals surface area contributed by atoms with Gasteiger partial charge in [-0.2, -0.15) is 8.78 Å². The van der Waals surface area contributed by atoms with Gasteiger partial charge in [0.15, 0.2) is 0 Å².